The molecule has 0 heterocycles. The fourth-order valence-electron chi connectivity index (χ4n) is 1.31. The highest BCUT2D eigenvalue weighted by Gasteiger charge is 2.00. The Morgan fingerprint density at radius 2 is 1.93 bits per heavy atom. The van der Waals surface area contributed by atoms with Crippen LogP contribution in [0.1, 0.15) is 40.0 Å². The Balaban J connectivity index is 3.14. The minimum Gasteiger partial charge on any atom is -0.393 e. The van der Waals surface area contributed by atoms with E-state index in [9.17, 15) is 0 Å². The SMILES string of the molecule is CCCNCC(C)NCCCC(C)O. The Morgan fingerprint density at radius 1 is 1.21 bits per heavy atom. The molecule has 0 amide bonds. The second-order valence-corrected chi connectivity index (χ2v) is 4.05. The van der Waals surface area contributed by atoms with E-state index >= 15 is 0 Å². The molecule has 0 aliphatic heterocycles. The smallest absolute Gasteiger partial charge is 0.0512 e. The molecule has 86 valence electrons. The number of aliphatic hydroxyl groups is 1. The van der Waals surface area contributed by atoms with Crippen LogP contribution < -0.4 is 10.6 Å². The summed E-state index contributed by atoms with van der Waals surface area (Å²) in [6.45, 7) is 9.33. The predicted octanol–water partition coefficient (Wildman–Crippen LogP) is 1.13. The van der Waals surface area contributed by atoms with Crippen LogP contribution >= 0.6 is 0 Å². The molecule has 0 spiro atoms. The van der Waals surface area contributed by atoms with Gasteiger partial charge in [0.1, 0.15) is 0 Å². The van der Waals surface area contributed by atoms with Crippen LogP contribution in [-0.4, -0.2) is 36.9 Å². The highest BCUT2D eigenvalue weighted by Crippen LogP contribution is 1.94. The molecule has 3 N–H and O–H groups in total. The summed E-state index contributed by atoms with van der Waals surface area (Å²) in [7, 11) is 0. The first-order valence-corrected chi connectivity index (χ1v) is 5.79. The lowest BCUT2D eigenvalue weighted by Crippen LogP contribution is -2.37. The maximum Gasteiger partial charge on any atom is 0.0512 e. The molecule has 2 atom stereocenters. The number of nitrogens with one attached hydrogen (secondary N) is 2. The molecule has 3 nitrogen and oxygen atoms in total. The van der Waals surface area contributed by atoms with Crippen LogP contribution in [0.3, 0.4) is 0 Å². The van der Waals surface area contributed by atoms with Crippen molar-refractivity contribution in [3.8, 4) is 0 Å². The van der Waals surface area contributed by atoms with Gasteiger partial charge in [-0.1, -0.05) is 6.92 Å². The number of hydrogen-bond acceptors (Lipinski definition) is 3. The summed E-state index contributed by atoms with van der Waals surface area (Å²) < 4.78 is 0. The lowest BCUT2D eigenvalue weighted by molar-refractivity contribution is 0.181. The molecule has 14 heavy (non-hydrogen) atoms. The topological polar surface area (TPSA) is 44.3 Å². The molecule has 0 rings (SSSR count). The van der Waals surface area contributed by atoms with E-state index in [-0.39, 0.29) is 6.10 Å². The molecule has 0 fully saturated rings. The Morgan fingerprint density at radius 3 is 2.50 bits per heavy atom. The number of hydrogen-bond donors (Lipinski definition) is 3. The summed E-state index contributed by atoms with van der Waals surface area (Å²) in [5.41, 5.74) is 0. The van der Waals surface area contributed by atoms with E-state index in [0.717, 1.165) is 32.5 Å². The Hall–Kier alpha value is -0.120. The summed E-state index contributed by atoms with van der Waals surface area (Å²) in [5, 5.41) is 15.8. The van der Waals surface area contributed by atoms with Gasteiger partial charge in [-0.3, -0.25) is 0 Å². The van der Waals surface area contributed by atoms with Crippen LogP contribution in [0, 0.1) is 0 Å². The van der Waals surface area contributed by atoms with Crippen molar-refractivity contribution in [3.63, 3.8) is 0 Å². The first-order valence-electron chi connectivity index (χ1n) is 5.79. The monoisotopic (exact) mass is 202 g/mol. The Kier molecular flexibility index (Phi) is 9.35. The normalized spacial score (nSPS) is 15.4. The predicted molar refractivity (Wildman–Crippen MR) is 61.5 cm³/mol. The van der Waals surface area contributed by atoms with E-state index in [0.29, 0.717) is 6.04 Å². The van der Waals surface area contributed by atoms with E-state index in [2.05, 4.69) is 24.5 Å². The lowest BCUT2D eigenvalue weighted by Gasteiger charge is -2.14. The van der Waals surface area contributed by atoms with Gasteiger partial charge in [0.15, 0.2) is 0 Å². The van der Waals surface area contributed by atoms with Gasteiger partial charge in [-0.2, -0.15) is 0 Å². The fourth-order valence-corrected chi connectivity index (χ4v) is 1.31. The van der Waals surface area contributed by atoms with Crippen molar-refractivity contribution in [1.29, 1.82) is 0 Å². The van der Waals surface area contributed by atoms with Crippen molar-refractivity contribution >= 4 is 0 Å². The molecule has 0 aromatic rings. The summed E-state index contributed by atoms with van der Waals surface area (Å²) in [4.78, 5) is 0. The highest BCUT2D eigenvalue weighted by molar-refractivity contribution is 4.63. The van der Waals surface area contributed by atoms with Crippen LogP contribution in [0.5, 0.6) is 0 Å². The second kappa shape index (κ2) is 9.44. The molecule has 0 aromatic heterocycles. The third kappa shape index (κ3) is 9.96. The van der Waals surface area contributed by atoms with Crippen LogP contribution in [-0.2, 0) is 0 Å². The Labute approximate surface area is 88.3 Å². The zero-order valence-corrected chi connectivity index (χ0v) is 9.84. The minimum absolute atomic E-state index is 0.162. The van der Waals surface area contributed by atoms with Crippen molar-refractivity contribution in [2.75, 3.05) is 19.6 Å². The average Bonchev–Trinajstić information content (AvgIpc) is 2.13. The van der Waals surface area contributed by atoms with Gasteiger partial charge in [0.2, 0.25) is 0 Å². The van der Waals surface area contributed by atoms with Gasteiger partial charge >= 0.3 is 0 Å². The standard InChI is InChI=1S/C11H26N2O/c1-4-7-12-9-10(2)13-8-5-6-11(3)14/h10-14H,4-9H2,1-3H3. The van der Waals surface area contributed by atoms with Crippen LogP contribution in [0.2, 0.25) is 0 Å². The van der Waals surface area contributed by atoms with Crippen LogP contribution in [0.15, 0.2) is 0 Å². The van der Waals surface area contributed by atoms with E-state index in [1.54, 1.807) is 0 Å². The van der Waals surface area contributed by atoms with Gasteiger partial charge in [-0.05, 0) is 46.2 Å². The van der Waals surface area contributed by atoms with Crippen molar-refractivity contribution in [1.82, 2.24) is 10.6 Å². The van der Waals surface area contributed by atoms with Crippen molar-refractivity contribution in [3.05, 3.63) is 0 Å². The van der Waals surface area contributed by atoms with Gasteiger partial charge in [0.25, 0.3) is 0 Å². The van der Waals surface area contributed by atoms with Gasteiger partial charge in [-0.15, -0.1) is 0 Å². The lowest BCUT2D eigenvalue weighted by atomic mass is 10.2. The van der Waals surface area contributed by atoms with Crippen LogP contribution in [0.25, 0.3) is 0 Å². The quantitative estimate of drug-likeness (QED) is 0.491. The van der Waals surface area contributed by atoms with Crippen molar-refractivity contribution in [2.45, 2.75) is 52.2 Å². The van der Waals surface area contributed by atoms with E-state index in [1.165, 1.54) is 6.42 Å². The number of aliphatic hydroxyl groups excluding tert-OH is 1. The molecule has 0 bridgehead atoms. The summed E-state index contributed by atoms with van der Waals surface area (Å²) in [5.74, 6) is 0. The van der Waals surface area contributed by atoms with Gasteiger partial charge in [-0.25, -0.2) is 0 Å². The average molecular weight is 202 g/mol. The van der Waals surface area contributed by atoms with Crippen molar-refractivity contribution in [2.24, 2.45) is 0 Å². The second-order valence-electron chi connectivity index (χ2n) is 4.05. The molecule has 0 aromatic carbocycles. The van der Waals surface area contributed by atoms with E-state index < -0.39 is 0 Å². The van der Waals surface area contributed by atoms with Crippen LogP contribution in [0.4, 0.5) is 0 Å². The molecule has 0 aliphatic rings. The zero-order valence-electron chi connectivity index (χ0n) is 9.84. The van der Waals surface area contributed by atoms with Gasteiger partial charge in [0.05, 0.1) is 6.10 Å². The third-order valence-electron chi connectivity index (χ3n) is 2.17. The number of rotatable bonds is 9. The van der Waals surface area contributed by atoms with E-state index in [4.69, 9.17) is 5.11 Å². The maximum atomic E-state index is 9.05. The molecule has 0 saturated carbocycles. The first kappa shape index (κ1) is 13.9. The van der Waals surface area contributed by atoms with Gasteiger partial charge < -0.3 is 15.7 Å². The van der Waals surface area contributed by atoms with Crippen molar-refractivity contribution < 1.29 is 5.11 Å². The fraction of sp³-hybridized carbons (Fsp3) is 1.00. The first-order chi connectivity index (χ1) is 6.66. The van der Waals surface area contributed by atoms with Gasteiger partial charge in [0, 0.05) is 12.6 Å². The third-order valence-corrected chi connectivity index (χ3v) is 2.17. The Bertz CT molecular complexity index is 118. The molecule has 0 aliphatic carbocycles. The molecule has 0 radical (unpaired) electrons. The maximum absolute atomic E-state index is 9.05. The molecular formula is C11H26N2O. The molecule has 3 heteroatoms. The summed E-state index contributed by atoms with van der Waals surface area (Å²) in [6, 6.07) is 0.524. The highest BCUT2D eigenvalue weighted by atomic mass is 16.3. The molecular weight excluding hydrogens is 176 g/mol. The van der Waals surface area contributed by atoms with E-state index in [1.807, 2.05) is 6.92 Å². The zero-order chi connectivity index (χ0) is 10.8. The largest absolute Gasteiger partial charge is 0.393 e. The summed E-state index contributed by atoms with van der Waals surface area (Å²) in [6.07, 6.45) is 2.97. The summed E-state index contributed by atoms with van der Waals surface area (Å²) >= 11 is 0. The molecule has 0 saturated heterocycles. The molecule has 2 unspecified atom stereocenters. The minimum atomic E-state index is -0.162.